The molecule has 1 saturated heterocycles. The maximum absolute atomic E-state index is 11.9. The molecule has 5 heteroatoms. The second-order valence-electron chi connectivity index (χ2n) is 5.02. The maximum atomic E-state index is 11.9. The number of ether oxygens (including phenoxy) is 1. The molecule has 2 aliphatic heterocycles. The number of rotatable bonds is 3. The lowest BCUT2D eigenvalue weighted by molar-refractivity contribution is -0.112. The van der Waals surface area contributed by atoms with Gasteiger partial charge in [-0.2, -0.15) is 4.31 Å². The van der Waals surface area contributed by atoms with Crippen molar-refractivity contribution in [3.05, 3.63) is 35.4 Å². The molecule has 1 aromatic carbocycles. The van der Waals surface area contributed by atoms with Crippen molar-refractivity contribution in [1.29, 1.82) is 0 Å². The van der Waals surface area contributed by atoms with Gasteiger partial charge in [-0.25, -0.2) is 8.42 Å². The summed E-state index contributed by atoms with van der Waals surface area (Å²) < 4.78 is 31.3. The highest BCUT2D eigenvalue weighted by Crippen LogP contribution is 2.44. The summed E-state index contributed by atoms with van der Waals surface area (Å²) in [5.41, 5.74) is 1.97. The molecule has 0 unspecified atom stereocenters. The second kappa shape index (κ2) is 4.05. The zero-order chi connectivity index (χ0) is 12.8. The van der Waals surface area contributed by atoms with E-state index >= 15 is 0 Å². The Bertz CT molecular complexity index is 561. The standard InChI is InChI=1S/C13H17NO3S/c1-2-7-18(15,16)14-9-13(10-14)12-6-4-3-5-11(12)8-17-13/h3-6H,2,7-10H2,1H3. The monoisotopic (exact) mass is 267 g/mol. The van der Waals surface area contributed by atoms with Crippen molar-refractivity contribution in [1.82, 2.24) is 4.31 Å². The zero-order valence-electron chi connectivity index (χ0n) is 10.4. The van der Waals surface area contributed by atoms with Crippen molar-refractivity contribution in [3.63, 3.8) is 0 Å². The third-order valence-electron chi connectivity index (χ3n) is 3.73. The topological polar surface area (TPSA) is 46.6 Å². The van der Waals surface area contributed by atoms with E-state index in [2.05, 4.69) is 0 Å². The summed E-state index contributed by atoms with van der Waals surface area (Å²) in [5.74, 6) is 0.227. The van der Waals surface area contributed by atoms with Gasteiger partial charge in [0.1, 0.15) is 5.60 Å². The first-order chi connectivity index (χ1) is 8.57. The van der Waals surface area contributed by atoms with Gasteiger partial charge in [0, 0.05) is 13.1 Å². The van der Waals surface area contributed by atoms with Gasteiger partial charge in [-0.05, 0) is 17.5 Å². The molecule has 0 amide bonds. The highest BCUT2D eigenvalue weighted by molar-refractivity contribution is 7.89. The summed E-state index contributed by atoms with van der Waals surface area (Å²) in [6.07, 6.45) is 0.656. The summed E-state index contributed by atoms with van der Waals surface area (Å²) in [5, 5.41) is 0. The normalized spacial score (nSPS) is 21.8. The van der Waals surface area contributed by atoms with Crippen LogP contribution in [-0.2, 0) is 27.0 Å². The van der Waals surface area contributed by atoms with E-state index in [0.29, 0.717) is 26.1 Å². The van der Waals surface area contributed by atoms with E-state index < -0.39 is 10.0 Å². The van der Waals surface area contributed by atoms with Gasteiger partial charge >= 0.3 is 0 Å². The molecule has 0 atom stereocenters. The van der Waals surface area contributed by atoms with E-state index in [1.165, 1.54) is 5.56 Å². The van der Waals surface area contributed by atoms with Crippen molar-refractivity contribution in [2.45, 2.75) is 25.6 Å². The summed E-state index contributed by atoms with van der Waals surface area (Å²) >= 11 is 0. The first-order valence-corrected chi connectivity index (χ1v) is 7.88. The molecule has 3 rings (SSSR count). The summed E-state index contributed by atoms with van der Waals surface area (Å²) in [7, 11) is -3.09. The molecule has 18 heavy (non-hydrogen) atoms. The largest absolute Gasteiger partial charge is 0.363 e. The highest BCUT2D eigenvalue weighted by Gasteiger charge is 2.53. The van der Waals surface area contributed by atoms with Crippen LogP contribution < -0.4 is 0 Å². The van der Waals surface area contributed by atoms with Crippen LogP contribution in [0.25, 0.3) is 0 Å². The van der Waals surface area contributed by atoms with E-state index in [-0.39, 0.29) is 11.4 Å². The van der Waals surface area contributed by atoms with Crippen LogP contribution >= 0.6 is 0 Å². The number of nitrogens with zero attached hydrogens (tertiary/aromatic N) is 1. The van der Waals surface area contributed by atoms with E-state index in [1.807, 2.05) is 31.2 Å². The maximum Gasteiger partial charge on any atom is 0.214 e. The van der Waals surface area contributed by atoms with Crippen molar-refractivity contribution in [2.24, 2.45) is 0 Å². The average Bonchev–Trinajstić information content (AvgIpc) is 2.66. The van der Waals surface area contributed by atoms with Gasteiger partial charge in [-0.15, -0.1) is 0 Å². The molecule has 1 spiro atoms. The molecule has 4 nitrogen and oxygen atoms in total. The van der Waals surface area contributed by atoms with Crippen molar-refractivity contribution in [2.75, 3.05) is 18.8 Å². The molecule has 0 radical (unpaired) electrons. The Morgan fingerprint density at radius 2 is 2.06 bits per heavy atom. The Hall–Kier alpha value is -0.910. The number of benzene rings is 1. The van der Waals surface area contributed by atoms with Crippen molar-refractivity contribution < 1.29 is 13.2 Å². The van der Waals surface area contributed by atoms with Crippen LogP contribution in [0.1, 0.15) is 24.5 Å². The molecule has 0 N–H and O–H groups in total. The molecule has 0 aromatic heterocycles. The minimum Gasteiger partial charge on any atom is -0.363 e. The minimum atomic E-state index is -3.09. The summed E-state index contributed by atoms with van der Waals surface area (Å²) in [4.78, 5) is 0. The van der Waals surface area contributed by atoms with Crippen LogP contribution in [-0.4, -0.2) is 31.6 Å². The van der Waals surface area contributed by atoms with Crippen molar-refractivity contribution >= 4 is 10.0 Å². The SMILES string of the molecule is CCCS(=O)(=O)N1CC2(C1)OCc1ccccc12. The van der Waals surface area contributed by atoms with Gasteiger partial charge in [0.15, 0.2) is 0 Å². The molecule has 0 aliphatic carbocycles. The number of hydrogen-bond acceptors (Lipinski definition) is 3. The minimum absolute atomic E-state index is 0.227. The van der Waals surface area contributed by atoms with E-state index in [1.54, 1.807) is 4.31 Å². The molecule has 2 heterocycles. The highest BCUT2D eigenvalue weighted by atomic mass is 32.2. The second-order valence-corrected chi connectivity index (χ2v) is 7.11. The smallest absolute Gasteiger partial charge is 0.214 e. The van der Waals surface area contributed by atoms with Crippen LogP contribution in [0, 0.1) is 0 Å². The van der Waals surface area contributed by atoms with Crippen LogP contribution in [0.15, 0.2) is 24.3 Å². The molecule has 1 aromatic rings. The predicted octanol–water partition coefficient (Wildman–Crippen LogP) is 1.47. The van der Waals surface area contributed by atoms with Gasteiger partial charge in [-0.1, -0.05) is 31.2 Å². The Labute approximate surface area is 108 Å². The Kier molecular flexibility index (Phi) is 2.73. The van der Waals surface area contributed by atoms with Crippen LogP contribution in [0.5, 0.6) is 0 Å². The third kappa shape index (κ3) is 1.69. The fourth-order valence-corrected chi connectivity index (χ4v) is 4.34. The lowest BCUT2D eigenvalue weighted by atomic mass is 9.87. The van der Waals surface area contributed by atoms with Crippen LogP contribution in [0.4, 0.5) is 0 Å². The molecule has 0 saturated carbocycles. The Morgan fingerprint density at radius 3 is 2.78 bits per heavy atom. The lowest BCUT2D eigenvalue weighted by Gasteiger charge is -2.46. The number of hydrogen-bond donors (Lipinski definition) is 0. The molecule has 0 bridgehead atoms. The quantitative estimate of drug-likeness (QED) is 0.833. The van der Waals surface area contributed by atoms with E-state index in [0.717, 1.165) is 5.56 Å². The molecule has 2 aliphatic rings. The van der Waals surface area contributed by atoms with Crippen molar-refractivity contribution in [3.8, 4) is 0 Å². The summed E-state index contributed by atoms with van der Waals surface area (Å²) in [6, 6.07) is 8.07. The van der Waals surface area contributed by atoms with E-state index in [4.69, 9.17) is 4.74 Å². The van der Waals surface area contributed by atoms with Gasteiger partial charge in [0.05, 0.1) is 12.4 Å². The Balaban J connectivity index is 1.80. The third-order valence-corrected chi connectivity index (χ3v) is 5.70. The van der Waals surface area contributed by atoms with Gasteiger partial charge < -0.3 is 4.74 Å². The number of fused-ring (bicyclic) bond motifs is 2. The van der Waals surface area contributed by atoms with E-state index in [9.17, 15) is 8.42 Å². The zero-order valence-corrected chi connectivity index (χ0v) is 11.2. The number of sulfonamides is 1. The first-order valence-electron chi connectivity index (χ1n) is 6.27. The fourth-order valence-electron chi connectivity index (χ4n) is 2.75. The first kappa shape index (κ1) is 12.1. The van der Waals surface area contributed by atoms with Gasteiger partial charge in [0.2, 0.25) is 10.0 Å². The van der Waals surface area contributed by atoms with Gasteiger partial charge in [-0.3, -0.25) is 0 Å². The summed E-state index contributed by atoms with van der Waals surface area (Å²) in [6.45, 7) is 3.41. The molecule has 1 fully saturated rings. The lowest BCUT2D eigenvalue weighted by Crippen LogP contribution is -2.61. The molecular formula is C13H17NO3S. The fraction of sp³-hybridized carbons (Fsp3) is 0.538. The predicted molar refractivity (Wildman–Crippen MR) is 68.6 cm³/mol. The average molecular weight is 267 g/mol. The van der Waals surface area contributed by atoms with Gasteiger partial charge in [0.25, 0.3) is 0 Å². The molecular weight excluding hydrogens is 250 g/mol. The Morgan fingerprint density at radius 1 is 1.33 bits per heavy atom. The van der Waals surface area contributed by atoms with Crippen LogP contribution in [0.3, 0.4) is 0 Å². The van der Waals surface area contributed by atoms with Crippen LogP contribution in [0.2, 0.25) is 0 Å². The molecule has 98 valence electrons.